The van der Waals surface area contributed by atoms with Crippen molar-refractivity contribution in [1.82, 2.24) is 5.32 Å². The Balaban J connectivity index is 2.24. The molecule has 1 unspecified atom stereocenters. The first-order valence-electron chi connectivity index (χ1n) is 5.68. The summed E-state index contributed by atoms with van der Waals surface area (Å²) in [7, 11) is 0. The number of hydrogen-bond donors (Lipinski definition) is 1. The maximum Gasteiger partial charge on any atom is 0.126 e. The first-order valence-corrected chi connectivity index (χ1v) is 5.68. The molecule has 2 rings (SSSR count). The van der Waals surface area contributed by atoms with Crippen molar-refractivity contribution in [2.75, 3.05) is 13.1 Å². The van der Waals surface area contributed by atoms with E-state index in [9.17, 15) is 4.39 Å². The Morgan fingerprint density at radius 3 is 2.73 bits per heavy atom. The zero-order chi connectivity index (χ0) is 10.8. The van der Waals surface area contributed by atoms with Crippen molar-refractivity contribution < 1.29 is 4.39 Å². The van der Waals surface area contributed by atoms with Gasteiger partial charge in [0.05, 0.1) is 0 Å². The Morgan fingerprint density at radius 2 is 2.20 bits per heavy atom. The second-order valence-electron chi connectivity index (χ2n) is 4.63. The van der Waals surface area contributed by atoms with Gasteiger partial charge < -0.3 is 5.32 Å². The van der Waals surface area contributed by atoms with Gasteiger partial charge in [0.25, 0.3) is 0 Å². The summed E-state index contributed by atoms with van der Waals surface area (Å²) in [6.07, 6.45) is 1.13. The van der Waals surface area contributed by atoms with Crippen molar-refractivity contribution in [1.29, 1.82) is 0 Å². The molecule has 0 saturated carbocycles. The molecule has 1 N–H and O–H groups in total. The third-order valence-corrected chi connectivity index (χ3v) is 3.18. The molecule has 1 aromatic rings. The Morgan fingerprint density at radius 1 is 1.40 bits per heavy atom. The molecule has 0 bridgehead atoms. The molecule has 1 fully saturated rings. The van der Waals surface area contributed by atoms with E-state index in [1.165, 1.54) is 0 Å². The minimum atomic E-state index is -0.0469. The lowest BCUT2D eigenvalue weighted by molar-refractivity contribution is 0.592. The third-order valence-electron chi connectivity index (χ3n) is 3.18. The Hall–Kier alpha value is -0.890. The lowest BCUT2D eigenvalue weighted by Crippen LogP contribution is -2.08. The SMILES string of the molecule is CC(C)c1ccc(C2CCNC2)cc1F. The zero-order valence-corrected chi connectivity index (χ0v) is 9.39. The molecule has 2 heteroatoms. The smallest absolute Gasteiger partial charge is 0.126 e. The molecule has 0 aliphatic carbocycles. The van der Waals surface area contributed by atoms with Crippen LogP contribution in [0.4, 0.5) is 4.39 Å². The van der Waals surface area contributed by atoms with Gasteiger partial charge in [0.2, 0.25) is 0 Å². The summed E-state index contributed by atoms with van der Waals surface area (Å²) in [5, 5.41) is 3.31. The van der Waals surface area contributed by atoms with Crippen LogP contribution in [-0.4, -0.2) is 13.1 Å². The van der Waals surface area contributed by atoms with Gasteiger partial charge in [0, 0.05) is 6.54 Å². The van der Waals surface area contributed by atoms with Gasteiger partial charge in [-0.25, -0.2) is 4.39 Å². The zero-order valence-electron chi connectivity index (χ0n) is 9.39. The molecule has 1 aliphatic heterocycles. The van der Waals surface area contributed by atoms with Gasteiger partial charge in [0.15, 0.2) is 0 Å². The number of halogens is 1. The average Bonchev–Trinajstić information content (AvgIpc) is 2.69. The van der Waals surface area contributed by atoms with E-state index >= 15 is 0 Å². The highest BCUT2D eigenvalue weighted by Crippen LogP contribution is 2.26. The number of hydrogen-bond acceptors (Lipinski definition) is 1. The largest absolute Gasteiger partial charge is 0.316 e. The highest BCUT2D eigenvalue weighted by molar-refractivity contribution is 5.29. The minimum absolute atomic E-state index is 0.0469. The van der Waals surface area contributed by atoms with E-state index in [0.717, 1.165) is 30.6 Å². The number of nitrogens with one attached hydrogen (secondary N) is 1. The summed E-state index contributed by atoms with van der Waals surface area (Å²) in [6, 6.07) is 5.73. The Bertz CT molecular complexity index is 340. The molecule has 0 spiro atoms. The third kappa shape index (κ3) is 2.20. The first kappa shape index (κ1) is 10.6. The molecule has 82 valence electrons. The molecule has 0 aromatic heterocycles. The summed E-state index contributed by atoms with van der Waals surface area (Å²) < 4.78 is 13.7. The van der Waals surface area contributed by atoms with E-state index in [2.05, 4.69) is 11.4 Å². The van der Waals surface area contributed by atoms with Crippen molar-refractivity contribution in [3.8, 4) is 0 Å². The molecule has 0 radical (unpaired) electrons. The van der Waals surface area contributed by atoms with Crippen LogP contribution in [0.3, 0.4) is 0 Å². The van der Waals surface area contributed by atoms with Gasteiger partial charge in [-0.1, -0.05) is 26.0 Å². The van der Waals surface area contributed by atoms with Gasteiger partial charge in [-0.3, -0.25) is 0 Å². The van der Waals surface area contributed by atoms with Crippen molar-refractivity contribution in [3.63, 3.8) is 0 Å². The average molecular weight is 207 g/mol. The molecule has 0 amide bonds. The fourth-order valence-corrected chi connectivity index (χ4v) is 2.20. The van der Waals surface area contributed by atoms with Gasteiger partial charge in [-0.15, -0.1) is 0 Å². The predicted octanol–water partition coefficient (Wildman–Crippen LogP) is 3.03. The lowest BCUT2D eigenvalue weighted by Gasteiger charge is -2.12. The van der Waals surface area contributed by atoms with Crippen molar-refractivity contribution in [3.05, 3.63) is 35.1 Å². The molecule has 1 aromatic carbocycles. The van der Waals surface area contributed by atoms with Crippen molar-refractivity contribution in [2.24, 2.45) is 0 Å². The van der Waals surface area contributed by atoms with Gasteiger partial charge in [-0.2, -0.15) is 0 Å². The van der Waals surface area contributed by atoms with Crippen LogP contribution in [0.1, 0.15) is 43.2 Å². The van der Waals surface area contributed by atoms with E-state index in [-0.39, 0.29) is 11.7 Å². The van der Waals surface area contributed by atoms with Crippen LogP contribution in [0.15, 0.2) is 18.2 Å². The molecular formula is C13H18FN. The predicted molar refractivity (Wildman–Crippen MR) is 60.7 cm³/mol. The topological polar surface area (TPSA) is 12.0 Å². The summed E-state index contributed by atoms with van der Waals surface area (Å²) in [5.41, 5.74) is 1.96. The molecule has 1 heterocycles. The quantitative estimate of drug-likeness (QED) is 0.786. The fourth-order valence-electron chi connectivity index (χ4n) is 2.20. The fraction of sp³-hybridized carbons (Fsp3) is 0.538. The second kappa shape index (κ2) is 4.31. The van der Waals surface area contributed by atoms with Crippen LogP contribution in [0.2, 0.25) is 0 Å². The van der Waals surface area contributed by atoms with E-state index in [0.29, 0.717) is 5.92 Å². The van der Waals surface area contributed by atoms with Gasteiger partial charge in [-0.05, 0) is 42.0 Å². The molecule has 15 heavy (non-hydrogen) atoms. The molecule has 1 atom stereocenters. The summed E-state index contributed by atoms with van der Waals surface area (Å²) >= 11 is 0. The highest BCUT2D eigenvalue weighted by atomic mass is 19.1. The van der Waals surface area contributed by atoms with Crippen LogP contribution in [0.25, 0.3) is 0 Å². The van der Waals surface area contributed by atoms with E-state index < -0.39 is 0 Å². The summed E-state index contributed by atoms with van der Waals surface area (Å²) in [5.74, 6) is 0.718. The van der Waals surface area contributed by atoms with E-state index in [1.54, 1.807) is 6.07 Å². The molecule has 1 aliphatic rings. The monoisotopic (exact) mass is 207 g/mol. The molecular weight excluding hydrogens is 189 g/mol. The summed E-state index contributed by atoms with van der Waals surface area (Å²) in [4.78, 5) is 0. The van der Waals surface area contributed by atoms with Gasteiger partial charge in [0.1, 0.15) is 5.82 Å². The normalized spacial score (nSPS) is 21.2. The minimum Gasteiger partial charge on any atom is -0.316 e. The maximum atomic E-state index is 13.7. The number of rotatable bonds is 2. The van der Waals surface area contributed by atoms with Crippen LogP contribution < -0.4 is 5.32 Å². The Labute approximate surface area is 90.7 Å². The van der Waals surface area contributed by atoms with Crippen LogP contribution in [0, 0.1) is 5.82 Å². The van der Waals surface area contributed by atoms with Crippen molar-refractivity contribution in [2.45, 2.75) is 32.1 Å². The van der Waals surface area contributed by atoms with E-state index in [1.807, 2.05) is 19.9 Å². The standard InChI is InChI=1S/C13H18FN/c1-9(2)12-4-3-10(7-13(12)14)11-5-6-15-8-11/h3-4,7,9,11,15H,5-6,8H2,1-2H3. The molecule has 1 nitrogen and oxygen atoms in total. The van der Waals surface area contributed by atoms with Crippen LogP contribution in [-0.2, 0) is 0 Å². The highest BCUT2D eigenvalue weighted by Gasteiger charge is 2.18. The van der Waals surface area contributed by atoms with Gasteiger partial charge >= 0.3 is 0 Å². The van der Waals surface area contributed by atoms with Crippen molar-refractivity contribution >= 4 is 0 Å². The Kier molecular flexibility index (Phi) is 3.06. The molecule has 1 saturated heterocycles. The van der Waals surface area contributed by atoms with Crippen LogP contribution >= 0.6 is 0 Å². The lowest BCUT2D eigenvalue weighted by atomic mass is 9.94. The second-order valence-corrected chi connectivity index (χ2v) is 4.63. The maximum absolute atomic E-state index is 13.7. The first-order chi connectivity index (χ1) is 7.18. The van der Waals surface area contributed by atoms with Crippen LogP contribution in [0.5, 0.6) is 0 Å². The van der Waals surface area contributed by atoms with E-state index in [4.69, 9.17) is 0 Å². The summed E-state index contributed by atoms with van der Waals surface area (Å²) in [6.45, 7) is 6.09. The number of benzene rings is 1.